The summed E-state index contributed by atoms with van der Waals surface area (Å²) < 4.78 is 1.84. The second-order valence-electron chi connectivity index (χ2n) is 2.58. The number of rotatable bonds is 2. The smallest absolute Gasteiger partial charge is 0.195 e. The first-order valence-electron chi connectivity index (χ1n) is 3.70. The van der Waals surface area contributed by atoms with E-state index in [1.807, 2.05) is 22.9 Å². The summed E-state index contributed by atoms with van der Waals surface area (Å²) in [7, 11) is 0. The molecule has 0 fully saturated rings. The third kappa shape index (κ3) is 2.00. The van der Waals surface area contributed by atoms with E-state index in [1.165, 1.54) is 22.7 Å². The molecule has 5 heteroatoms. The van der Waals surface area contributed by atoms with Crippen LogP contribution in [0.3, 0.4) is 0 Å². The number of ketones is 1. The van der Waals surface area contributed by atoms with E-state index < -0.39 is 0 Å². The zero-order chi connectivity index (χ0) is 10.1. The Morgan fingerprint density at radius 1 is 1.36 bits per heavy atom. The van der Waals surface area contributed by atoms with E-state index in [4.69, 9.17) is 0 Å². The molecule has 0 atom stereocenters. The predicted octanol–water partition coefficient (Wildman–Crippen LogP) is 4.57. The molecule has 0 amide bonds. The van der Waals surface area contributed by atoms with E-state index in [9.17, 15) is 4.79 Å². The molecule has 14 heavy (non-hydrogen) atoms. The standard InChI is InChI=1S/C9H4Br2OS2/c10-7-3-6(9(11)14-7)8(12)5-1-2-13-4-5/h1-4H. The van der Waals surface area contributed by atoms with Crippen molar-refractivity contribution in [3.05, 3.63) is 41.6 Å². The Morgan fingerprint density at radius 2 is 2.14 bits per heavy atom. The summed E-state index contributed by atoms with van der Waals surface area (Å²) in [4.78, 5) is 11.9. The summed E-state index contributed by atoms with van der Waals surface area (Å²) in [5.41, 5.74) is 1.47. The average molecular weight is 352 g/mol. The van der Waals surface area contributed by atoms with Gasteiger partial charge in [0.05, 0.1) is 7.57 Å². The second kappa shape index (κ2) is 4.26. The highest BCUT2D eigenvalue weighted by atomic mass is 79.9. The highest BCUT2D eigenvalue weighted by Gasteiger charge is 2.15. The number of halogens is 2. The highest BCUT2D eigenvalue weighted by Crippen LogP contribution is 2.33. The van der Waals surface area contributed by atoms with E-state index in [0.29, 0.717) is 0 Å². The minimum absolute atomic E-state index is 0.0695. The molecule has 2 heterocycles. The van der Waals surface area contributed by atoms with E-state index in [0.717, 1.165) is 18.7 Å². The van der Waals surface area contributed by atoms with Crippen LogP contribution in [0.25, 0.3) is 0 Å². The van der Waals surface area contributed by atoms with Crippen molar-refractivity contribution in [3.63, 3.8) is 0 Å². The topological polar surface area (TPSA) is 17.1 Å². The quantitative estimate of drug-likeness (QED) is 0.724. The van der Waals surface area contributed by atoms with Gasteiger partial charge in [-0.25, -0.2) is 0 Å². The van der Waals surface area contributed by atoms with Gasteiger partial charge in [-0.2, -0.15) is 11.3 Å². The Kier molecular flexibility index (Phi) is 3.21. The number of carbonyl (C=O) groups excluding carboxylic acids is 1. The zero-order valence-electron chi connectivity index (χ0n) is 6.79. The largest absolute Gasteiger partial charge is 0.289 e. The minimum atomic E-state index is 0.0695. The molecule has 0 aliphatic heterocycles. The fourth-order valence-electron chi connectivity index (χ4n) is 1.04. The predicted molar refractivity (Wildman–Crippen MR) is 67.5 cm³/mol. The van der Waals surface area contributed by atoms with Crippen LogP contribution in [0.15, 0.2) is 30.5 Å². The van der Waals surface area contributed by atoms with Crippen LogP contribution in [0.4, 0.5) is 0 Å². The molecular weight excluding hydrogens is 348 g/mol. The number of hydrogen-bond donors (Lipinski definition) is 0. The van der Waals surface area contributed by atoms with Crippen LogP contribution in [0.1, 0.15) is 15.9 Å². The molecule has 0 saturated carbocycles. The molecule has 0 radical (unpaired) electrons. The van der Waals surface area contributed by atoms with Crippen molar-refractivity contribution in [2.24, 2.45) is 0 Å². The zero-order valence-corrected chi connectivity index (χ0v) is 11.6. The highest BCUT2D eigenvalue weighted by molar-refractivity contribution is 9.12. The molecule has 2 aromatic rings. The van der Waals surface area contributed by atoms with Crippen molar-refractivity contribution in [3.8, 4) is 0 Å². The van der Waals surface area contributed by atoms with E-state index in [1.54, 1.807) is 0 Å². The molecule has 0 unspecified atom stereocenters. The van der Waals surface area contributed by atoms with Crippen LogP contribution in [-0.2, 0) is 0 Å². The summed E-state index contributed by atoms with van der Waals surface area (Å²) in [6, 6.07) is 3.68. The van der Waals surface area contributed by atoms with Crippen molar-refractivity contribution in [1.82, 2.24) is 0 Å². The SMILES string of the molecule is O=C(c1ccsc1)c1cc(Br)sc1Br. The maximum absolute atomic E-state index is 11.9. The molecule has 2 aromatic heterocycles. The Morgan fingerprint density at radius 3 is 2.64 bits per heavy atom. The van der Waals surface area contributed by atoms with Gasteiger partial charge in [-0.05, 0) is 49.4 Å². The fraction of sp³-hybridized carbons (Fsp3) is 0. The number of hydrogen-bond acceptors (Lipinski definition) is 3. The Balaban J connectivity index is 2.41. The van der Waals surface area contributed by atoms with Gasteiger partial charge in [0.15, 0.2) is 5.78 Å². The van der Waals surface area contributed by atoms with Gasteiger partial charge < -0.3 is 0 Å². The van der Waals surface area contributed by atoms with Gasteiger partial charge in [0.25, 0.3) is 0 Å². The van der Waals surface area contributed by atoms with Crippen molar-refractivity contribution >= 4 is 60.3 Å². The fourth-order valence-corrected chi connectivity index (χ4v) is 4.47. The summed E-state index contributed by atoms with van der Waals surface area (Å²) >= 11 is 9.77. The summed E-state index contributed by atoms with van der Waals surface area (Å²) in [5, 5.41) is 3.77. The van der Waals surface area contributed by atoms with Crippen molar-refractivity contribution < 1.29 is 4.79 Å². The molecule has 2 rings (SSSR count). The lowest BCUT2D eigenvalue weighted by atomic mass is 10.1. The second-order valence-corrected chi connectivity index (χ2v) is 7.11. The maximum Gasteiger partial charge on any atom is 0.195 e. The van der Waals surface area contributed by atoms with Crippen LogP contribution < -0.4 is 0 Å². The third-order valence-electron chi connectivity index (χ3n) is 1.68. The van der Waals surface area contributed by atoms with Gasteiger partial charge in [0.2, 0.25) is 0 Å². The van der Waals surface area contributed by atoms with E-state index in [2.05, 4.69) is 31.9 Å². The lowest BCUT2D eigenvalue weighted by Gasteiger charge is -1.93. The van der Waals surface area contributed by atoms with Crippen LogP contribution in [-0.4, -0.2) is 5.78 Å². The molecule has 0 N–H and O–H groups in total. The average Bonchev–Trinajstić information content (AvgIpc) is 2.73. The molecule has 0 aliphatic carbocycles. The van der Waals surface area contributed by atoms with Gasteiger partial charge in [-0.1, -0.05) is 0 Å². The van der Waals surface area contributed by atoms with E-state index in [-0.39, 0.29) is 5.78 Å². The summed E-state index contributed by atoms with van der Waals surface area (Å²) in [6.07, 6.45) is 0. The first kappa shape index (κ1) is 10.5. The summed E-state index contributed by atoms with van der Waals surface area (Å²) in [6.45, 7) is 0. The number of carbonyl (C=O) groups is 1. The number of thiophene rings is 2. The molecule has 0 bridgehead atoms. The molecule has 72 valence electrons. The molecule has 0 aromatic carbocycles. The van der Waals surface area contributed by atoms with Crippen LogP contribution in [0.2, 0.25) is 0 Å². The van der Waals surface area contributed by atoms with Gasteiger partial charge in [0.1, 0.15) is 0 Å². The van der Waals surface area contributed by atoms with Gasteiger partial charge in [-0.15, -0.1) is 11.3 Å². The first-order chi connectivity index (χ1) is 6.68. The van der Waals surface area contributed by atoms with E-state index >= 15 is 0 Å². The minimum Gasteiger partial charge on any atom is -0.289 e. The maximum atomic E-state index is 11.9. The molecular formula is C9H4Br2OS2. The molecule has 0 saturated heterocycles. The Hall–Kier alpha value is 0.0300. The third-order valence-corrected chi connectivity index (χ3v) is 4.71. The van der Waals surface area contributed by atoms with Crippen molar-refractivity contribution in [2.75, 3.05) is 0 Å². The van der Waals surface area contributed by atoms with Crippen molar-refractivity contribution in [2.45, 2.75) is 0 Å². The molecule has 0 spiro atoms. The molecule has 1 nitrogen and oxygen atoms in total. The lowest BCUT2D eigenvalue weighted by molar-refractivity contribution is 0.103. The van der Waals surface area contributed by atoms with Crippen LogP contribution in [0, 0.1) is 0 Å². The summed E-state index contributed by atoms with van der Waals surface area (Å²) in [5.74, 6) is 0.0695. The van der Waals surface area contributed by atoms with Gasteiger partial charge in [-0.3, -0.25) is 4.79 Å². The normalized spacial score (nSPS) is 10.4. The first-order valence-corrected chi connectivity index (χ1v) is 7.05. The monoisotopic (exact) mass is 350 g/mol. The van der Waals surface area contributed by atoms with Crippen molar-refractivity contribution in [1.29, 1.82) is 0 Å². The van der Waals surface area contributed by atoms with Gasteiger partial charge >= 0.3 is 0 Å². The Bertz CT molecular complexity index is 459. The van der Waals surface area contributed by atoms with Gasteiger partial charge in [0, 0.05) is 16.5 Å². The van der Waals surface area contributed by atoms with Crippen LogP contribution >= 0.6 is 54.5 Å². The lowest BCUT2D eigenvalue weighted by Crippen LogP contribution is -1.97. The Labute approximate surface area is 106 Å². The molecule has 0 aliphatic rings. The van der Waals surface area contributed by atoms with Crippen LogP contribution in [0.5, 0.6) is 0 Å².